The third-order valence-electron chi connectivity index (χ3n) is 4.28. The Morgan fingerprint density at radius 2 is 1.68 bits per heavy atom. The first kappa shape index (κ1) is 14.2. The number of likely N-dealkylation sites (tertiary alicyclic amines) is 1. The van der Waals surface area contributed by atoms with Crippen molar-refractivity contribution in [3.8, 4) is 11.5 Å². The topological polar surface area (TPSA) is 46.9 Å². The highest BCUT2D eigenvalue weighted by Crippen LogP contribution is 2.30. The lowest BCUT2D eigenvalue weighted by atomic mass is 9.99. The molecule has 0 aliphatic carbocycles. The summed E-state index contributed by atoms with van der Waals surface area (Å²) in [4.78, 5) is 4.70. The minimum atomic E-state index is 0.124. The fourth-order valence-corrected chi connectivity index (χ4v) is 2.81. The van der Waals surface area contributed by atoms with E-state index in [2.05, 4.69) is 30.8 Å². The Bertz CT molecular complexity index is 408. The number of nitrogens with zero attached hydrogens (tertiary/aromatic N) is 2. The van der Waals surface area contributed by atoms with Crippen molar-refractivity contribution in [3.63, 3.8) is 0 Å². The van der Waals surface area contributed by atoms with Crippen LogP contribution in [0.15, 0.2) is 18.2 Å². The van der Waals surface area contributed by atoms with Crippen molar-refractivity contribution in [2.45, 2.75) is 31.8 Å². The van der Waals surface area contributed by atoms with Crippen LogP contribution in [0.4, 0.5) is 0 Å². The zero-order valence-corrected chi connectivity index (χ0v) is 12.0. The lowest BCUT2D eigenvalue weighted by molar-refractivity contribution is 0.113. The fourth-order valence-electron chi connectivity index (χ4n) is 2.81. The van der Waals surface area contributed by atoms with Crippen LogP contribution in [0.25, 0.3) is 0 Å². The second-order valence-corrected chi connectivity index (χ2v) is 5.66. The molecule has 1 aliphatic heterocycles. The molecule has 1 aliphatic rings. The van der Waals surface area contributed by atoms with Gasteiger partial charge in [-0.3, -0.25) is 4.90 Å². The average Bonchev–Trinajstić information content (AvgIpc) is 2.37. The number of piperidine rings is 1. The van der Waals surface area contributed by atoms with Crippen LogP contribution in [0.1, 0.15) is 31.4 Å². The second kappa shape index (κ2) is 5.80. The Morgan fingerprint density at radius 1 is 1.16 bits per heavy atom. The van der Waals surface area contributed by atoms with E-state index in [9.17, 15) is 10.2 Å². The number of benzene rings is 1. The molecule has 106 valence electrons. The maximum Gasteiger partial charge on any atom is 0.119 e. The molecule has 0 amide bonds. The van der Waals surface area contributed by atoms with E-state index >= 15 is 0 Å². The molecule has 0 spiro atoms. The first-order valence-corrected chi connectivity index (χ1v) is 6.91. The predicted molar refractivity (Wildman–Crippen MR) is 76.5 cm³/mol. The Hall–Kier alpha value is -1.26. The summed E-state index contributed by atoms with van der Waals surface area (Å²) in [5.74, 6) is 0.247. The van der Waals surface area contributed by atoms with E-state index < -0.39 is 0 Å². The van der Waals surface area contributed by atoms with Crippen LogP contribution in [0, 0.1) is 0 Å². The standard InChI is InChI=1S/C15H24N2O2/c1-11(12-8-14(18)10-15(19)9-12)17(3)13-4-6-16(2)7-5-13/h8-11,13,18-19H,4-7H2,1-3H3. The Morgan fingerprint density at radius 3 is 2.21 bits per heavy atom. The SMILES string of the molecule is CC(c1cc(O)cc(O)c1)N(C)C1CCN(C)CC1. The molecular formula is C15H24N2O2. The van der Waals surface area contributed by atoms with Crippen LogP contribution in [0.3, 0.4) is 0 Å². The average molecular weight is 264 g/mol. The van der Waals surface area contributed by atoms with Gasteiger partial charge in [-0.25, -0.2) is 0 Å². The molecular weight excluding hydrogens is 240 g/mol. The number of hydrogen-bond acceptors (Lipinski definition) is 4. The van der Waals surface area contributed by atoms with E-state index in [4.69, 9.17) is 0 Å². The molecule has 1 aromatic carbocycles. The molecule has 0 aromatic heterocycles. The van der Waals surface area contributed by atoms with Gasteiger partial charge in [-0.15, -0.1) is 0 Å². The van der Waals surface area contributed by atoms with Gasteiger partial charge in [0.15, 0.2) is 0 Å². The van der Waals surface area contributed by atoms with Gasteiger partial charge in [0.25, 0.3) is 0 Å². The fraction of sp³-hybridized carbons (Fsp3) is 0.600. The first-order valence-electron chi connectivity index (χ1n) is 6.91. The lowest BCUT2D eigenvalue weighted by Crippen LogP contribution is -2.42. The Balaban J connectivity index is 2.07. The van der Waals surface area contributed by atoms with Gasteiger partial charge in [0.05, 0.1) is 0 Å². The zero-order valence-electron chi connectivity index (χ0n) is 12.0. The van der Waals surface area contributed by atoms with Gasteiger partial charge in [-0.2, -0.15) is 0 Å². The molecule has 4 heteroatoms. The molecule has 19 heavy (non-hydrogen) atoms. The van der Waals surface area contributed by atoms with Crippen molar-refractivity contribution in [1.82, 2.24) is 9.80 Å². The smallest absolute Gasteiger partial charge is 0.119 e. The summed E-state index contributed by atoms with van der Waals surface area (Å²) < 4.78 is 0. The van der Waals surface area contributed by atoms with Crippen molar-refractivity contribution in [1.29, 1.82) is 0 Å². The highest BCUT2D eigenvalue weighted by Gasteiger charge is 2.24. The third-order valence-corrected chi connectivity index (χ3v) is 4.28. The highest BCUT2D eigenvalue weighted by atomic mass is 16.3. The molecule has 2 N–H and O–H groups in total. The molecule has 1 unspecified atom stereocenters. The first-order chi connectivity index (χ1) is 8.97. The normalized spacial score (nSPS) is 19.8. The van der Waals surface area contributed by atoms with E-state index in [1.165, 1.54) is 18.9 Å². The van der Waals surface area contributed by atoms with Crippen LogP contribution < -0.4 is 0 Å². The van der Waals surface area contributed by atoms with Crippen LogP contribution in [-0.2, 0) is 0 Å². The summed E-state index contributed by atoms with van der Waals surface area (Å²) >= 11 is 0. The van der Waals surface area contributed by atoms with Crippen LogP contribution in [0.2, 0.25) is 0 Å². The largest absolute Gasteiger partial charge is 0.508 e. The van der Waals surface area contributed by atoms with Gasteiger partial charge < -0.3 is 15.1 Å². The maximum atomic E-state index is 9.58. The van der Waals surface area contributed by atoms with Crippen molar-refractivity contribution < 1.29 is 10.2 Å². The summed E-state index contributed by atoms with van der Waals surface area (Å²) in [7, 11) is 4.29. The summed E-state index contributed by atoms with van der Waals surface area (Å²) in [5, 5.41) is 19.2. The molecule has 0 radical (unpaired) electrons. The summed E-state index contributed by atoms with van der Waals surface area (Å²) in [6.45, 7) is 4.38. The summed E-state index contributed by atoms with van der Waals surface area (Å²) in [6, 6.07) is 5.58. The number of phenols is 2. The third kappa shape index (κ3) is 3.39. The molecule has 1 atom stereocenters. The summed E-state index contributed by atoms with van der Waals surface area (Å²) in [6.07, 6.45) is 2.34. The van der Waals surface area contributed by atoms with Gasteiger partial charge in [0.2, 0.25) is 0 Å². The van der Waals surface area contributed by atoms with Crippen molar-refractivity contribution in [2.24, 2.45) is 0 Å². The van der Waals surface area contributed by atoms with E-state index in [1.807, 2.05) is 0 Å². The molecule has 1 fully saturated rings. The van der Waals surface area contributed by atoms with Crippen LogP contribution in [0.5, 0.6) is 11.5 Å². The maximum absolute atomic E-state index is 9.58. The summed E-state index contributed by atoms with van der Waals surface area (Å²) in [5.41, 5.74) is 0.957. The molecule has 0 saturated carbocycles. The Kier molecular flexibility index (Phi) is 4.32. The second-order valence-electron chi connectivity index (χ2n) is 5.66. The van der Waals surface area contributed by atoms with Crippen molar-refractivity contribution >= 4 is 0 Å². The zero-order chi connectivity index (χ0) is 14.0. The van der Waals surface area contributed by atoms with E-state index in [0.717, 1.165) is 18.7 Å². The predicted octanol–water partition coefficient (Wildman–Crippen LogP) is 2.18. The highest BCUT2D eigenvalue weighted by molar-refractivity contribution is 5.38. The molecule has 1 aromatic rings. The monoisotopic (exact) mass is 264 g/mol. The van der Waals surface area contributed by atoms with Crippen LogP contribution in [-0.4, -0.2) is 53.2 Å². The molecule has 1 heterocycles. The molecule has 4 nitrogen and oxygen atoms in total. The van der Waals surface area contributed by atoms with Gasteiger partial charge in [-0.05, 0) is 64.6 Å². The number of aromatic hydroxyl groups is 2. The lowest BCUT2D eigenvalue weighted by Gasteiger charge is -2.38. The van der Waals surface area contributed by atoms with E-state index in [1.54, 1.807) is 12.1 Å². The number of phenolic OH excluding ortho intramolecular Hbond substituents is 2. The van der Waals surface area contributed by atoms with E-state index in [0.29, 0.717) is 6.04 Å². The van der Waals surface area contributed by atoms with E-state index in [-0.39, 0.29) is 17.5 Å². The minimum Gasteiger partial charge on any atom is -0.508 e. The number of hydrogen-bond donors (Lipinski definition) is 2. The van der Waals surface area contributed by atoms with Gasteiger partial charge in [0.1, 0.15) is 11.5 Å². The molecule has 1 saturated heterocycles. The van der Waals surface area contributed by atoms with Gasteiger partial charge in [-0.1, -0.05) is 0 Å². The van der Waals surface area contributed by atoms with Crippen molar-refractivity contribution in [2.75, 3.05) is 27.2 Å². The number of rotatable bonds is 3. The molecule has 0 bridgehead atoms. The van der Waals surface area contributed by atoms with Gasteiger partial charge >= 0.3 is 0 Å². The quantitative estimate of drug-likeness (QED) is 0.878. The molecule has 2 rings (SSSR count). The van der Waals surface area contributed by atoms with Gasteiger partial charge in [0, 0.05) is 18.2 Å². The minimum absolute atomic E-state index is 0.124. The Labute approximate surface area is 115 Å². The van der Waals surface area contributed by atoms with Crippen molar-refractivity contribution in [3.05, 3.63) is 23.8 Å². The van der Waals surface area contributed by atoms with Crippen LogP contribution >= 0.6 is 0 Å².